The maximum absolute atomic E-state index is 6.04. The maximum Gasteiger partial charge on any atom is 0.120 e. The van der Waals surface area contributed by atoms with Crippen LogP contribution in [0, 0.1) is 0 Å². The molecule has 1 heterocycles. The van der Waals surface area contributed by atoms with Crippen molar-refractivity contribution in [3.05, 3.63) is 29.3 Å². The van der Waals surface area contributed by atoms with Crippen molar-refractivity contribution < 1.29 is 4.74 Å². The zero-order valence-electron chi connectivity index (χ0n) is 9.67. The Labute approximate surface area is 97.0 Å². The first-order valence-electron chi connectivity index (χ1n) is 6.41. The molecule has 1 aromatic rings. The lowest BCUT2D eigenvalue weighted by molar-refractivity contribution is 0.162. The molecule has 2 aliphatic rings. The Morgan fingerprint density at radius 1 is 1.06 bits per heavy atom. The fourth-order valence-electron chi connectivity index (χ4n) is 2.73. The first-order valence-corrected chi connectivity index (χ1v) is 6.41. The highest BCUT2D eigenvalue weighted by Crippen LogP contribution is 2.27. The van der Waals surface area contributed by atoms with Crippen molar-refractivity contribution in [1.29, 1.82) is 0 Å². The van der Waals surface area contributed by atoms with E-state index in [-0.39, 0.29) is 0 Å². The summed E-state index contributed by atoms with van der Waals surface area (Å²) < 4.78 is 6.04. The Bertz CT molecular complexity index is 369. The van der Waals surface area contributed by atoms with Gasteiger partial charge in [-0.25, -0.2) is 0 Å². The van der Waals surface area contributed by atoms with Crippen molar-refractivity contribution >= 4 is 0 Å². The van der Waals surface area contributed by atoms with Crippen molar-refractivity contribution in [1.82, 2.24) is 5.32 Å². The molecule has 0 radical (unpaired) electrons. The van der Waals surface area contributed by atoms with Crippen molar-refractivity contribution in [3.8, 4) is 5.75 Å². The van der Waals surface area contributed by atoms with Crippen LogP contribution in [-0.2, 0) is 12.8 Å². The molecule has 0 atom stereocenters. The molecule has 1 aliphatic carbocycles. The van der Waals surface area contributed by atoms with E-state index >= 15 is 0 Å². The van der Waals surface area contributed by atoms with Gasteiger partial charge >= 0.3 is 0 Å². The van der Waals surface area contributed by atoms with Crippen LogP contribution in [0.3, 0.4) is 0 Å². The van der Waals surface area contributed by atoms with Gasteiger partial charge in [0.05, 0.1) is 0 Å². The summed E-state index contributed by atoms with van der Waals surface area (Å²) in [6, 6.07) is 6.65. The van der Waals surface area contributed by atoms with E-state index in [1.807, 2.05) is 0 Å². The van der Waals surface area contributed by atoms with Gasteiger partial charge < -0.3 is 10.1 Å². The van der Waals surface area contributed by atoms with E-state index in [0.29, 0.717) is 6.10 Å². The minimum Gasteiger partial charge on any atom is -0.490 e. The number of hydrogen-bond acceptors (Lipinski definition) is 2. The third-order valence-corrected chi connectivity index (χ3v) is 3.66. The number of piperidine rings is 1. The van der Waals surface area contributed by atoms with Crippen molar-refractivity contribution in [2.24, 2.45) is 0 Å². The van der Waals surface area contributed by atoms with Crippen LogP contribution in [0.2, 0.25) is 0 Å². The number of benzene rings is 1. The molecule has 3 rings (SSSR count). The van der Waals surface area contributed by atoms with E-state index in [9.17, 15) is 0 Å². The fraction of sp³-hybridized carbons (Fsp3) is 0.571. The summed E-state index contributed by atoms with van der Waals surface area (Å²) in [5, 5.41) is 3.36. The van der Waals surface area contributed by atoms with Crippen molar-refractivity contribution in [2.75, 3.05) is 13.1 Å². The molecular weight excluding hydrogens is 198 g/mol. The number of nitrogens with one attached hydrogen (secondary N) is 1. The van der Waals surface area contributed by atoms with E-state index in [0.717, 1.165) is 31.7 Å². The Balaban J connectivity index is 1.69. The third-order valence-electron chi connectivity index (χ3n) is 3.66. The monoisotopic (exact) mass is 217 g/mol. The minimum absolute atomic E-state index is 0.417. The molecule has 1 fully saturated rings. The zero-order chi connectivity index (χ0) is 10.8. The number of ether oxygens (including phenoxy) is 1. The number of fused-ring (bicyclic) bond motifs is 1. The molecule has 1 N–H and O–H groups in total. The van der Waals surface area contributed by atoms with Gasteiger partial charge in [0.25, 0.3) is 0 Å². The van der Waals surface area contributed by atoms with Crippen LogP contribution in [0.4, 0.5) is 0 Å². The molecule has 1 aliphatic heterocycles. The third kappa shape index (κ3) is 2.07. The van der Waals surface area contributed by atoms with Gasteiger partial charge in [0, 0.05) is 0 Å². The molecule has 0 saturated carbocycles. The van der Waals surface area contributed by atoms with Crippen LogP contribution in [-0.4, -0.2) is 19.2 Å². The molecule has 0 unspecified atom stereocenters. The molecule has 16 heavy (non-hydrogen) atoms. The van der Waals surface area contributed by atoms with Gasteiger partial charge in [0.1, 0.15) is 11.9 Å². The average molecular weight is 217 g/mol. The van der Waals surface area contributed by atoms with Gasteiger partial charge in [-0.2, -0.15) is 0 Å². The van der Waals surface area contributed by atoms with Crippen LogP contribution < -0.4 is 10.1 Å². The summed E-state index contributed by atoms with van der Waals surface area (Å²) in [5.74, 6) is 1.08. The van der Waals surface area contributed by atoms with Crippen LogP contribution in [0.15, 0.2) is 18.2 Å². The fourth-order valence-corrected chi connectivity index (χ4v) is 2.73. The number of hydrogen-bond donors (Lipinski definition) is 1. The van der Waals surface area contributed by atoms with Gasteiger partial charge in [-0.15, -0.1) is 0 Å². The lowest BCUT2D eigenvalue weighted by atomic mass is 10.1. The molecule has 1 saturated heterocycles. The van der Waals surface area contributed by atoms with E-state index in [2.05, 4.69) is 23.5 Å². The highest BCUT2D eigenvalue weighted by molar-refractivity contribution is 5.38. The Hall–Kier alpha value is -1.02. The van der Waals surface area contributed by atoms with E-state index in [4.69, 9.17) is 4.74 Å². The van der Waals surface area contributed by atoms with Crippen LogP contribution in [0.1, 0.15) is 30.4 Å². The van der Waals surface area contributed by atoms with Crippen molar-refractivity contribution in [3.63, 3.8) is 0 Å². The standard InChI is InChI=1S/C14H19NO/c1-2-11-4-5-14(10-12(11)3-1)16-13-6-8-15-9-7-13/h4-5,10,13,15H,1-3,6-9H2. The SMILES string of the molecule is c1cc2c(cc1OC1CCNCC1)CCC2. The highest BCUT2D eigenvalue weighted by Gasteiger charge is 2.16. The zero-order valence-corrected chi connectivity index (χ0v) is 9.67. The lowest BCUT2D eigenvalue weighted by Crippen LogP contribution is -2.34. The molecule has 0 bridgehead atoms. The van der Waals surface area contributed by atoms with Gasteiger partial charge in [-0.1, -0.05) is 6.07 Å². The predicted molar refractivity (Wildman–Crippen MR) is 65.0 cm³/mol. The smallest absolute Gasteiger partial charge is 0.120 e. The second kappa shape index (κ2) is 4.46. The molecule has 2 heteroatoms. The average Bonchev–Trinajstić information content (AvgIpc) is 2.77. The van der Waals surface area contributed by atoms with E-state index < -0.39 is 0 Å². The molecular formula is C14H19NO. The van der Waals surface area contributed by atoms with Gasteiger partial charge in [-0.3, -0.25) is 0 Å². The number of rotatable bonds is 2. The Kier molecular flexibility index (Phi) is 2.83. The number of aryl methyl sites for hydroxylation is 2. The predicted octanol–water partition coefficient (Wildman–Crippen LogP) is 2.31. The molecule has 0 amide bonds. The van der Waals surface area contributed by atoms with Crippen LogP contribution in [0.25, 0.3) is 0 Å². The van der Waals surface area contributed by atoms with Crippen molar-refractivity contribution in [2.45, 2.75) is 38.2 Å². The van der Waals surface area contributed by atoms with Gasteiger partial charge in [-0.05, 0) is 68.5 Å². The minimum atomic E-state index is 0.417. The lowest BCUT2D eigenvalue weighted by Gasteiger charge is -2.24. The maximum atomic E-state index is 6.04. The van der Waals surface area contributed by atoms with Gasteiger partial charge in [0.2, 0.25) is 0 Å². The second-order valence-corrected chi connectivity index (χ2v) is 4.85. The molecule has 0 spiro atoms. The highest BCUT2D eigenvalue weighted by atomic mass is 16.5. The summed E-state index contributed by atoms with van der Waals surface area (Å²) in [6.45, 7) is 2.19. The summed E-state index contributed by atoms with van der Waals surface area (Å²) in [6.07, 6.45) is 6.49. The Morgan fingerprint density at radius 3 is 2.75 bits per heavy atom. The molecule has 1 aromatic carbocycles. The van der Waals surface area contributed by atoms with E-state index in [1.54, 1.807) is 0 Å². The van der Waals surface area contributed by atoms with Crippen LogP contribution >= 0.6 is 0 Å². The van der Waals surface area contributed by atoms with Crippen LogP contribution in [0.5, 0.6) is 5.75 Å². The van der Waals surface area contributed by atoms with Gasteiger partial charge in [0.15, 0.2) is 0 Å². The Morgan fingerprint density at radius 2 is 1.88 bits per heavy atom. The first-order chi connectivity index (χ1) is 7.92. The summed E-state index contributed by atoms with van der Waals surface area (Å²) in [7, 11) is 0. The summed E-state index contributed by atoms with van der Waals surface area (Å²) >= 11 is 0. The quantitative estimate of drug-likeness (QED) is 0.820. The summed E-state index contributed by atoms with van der Waals surface area (Å²) in [4.78, 5) is 0. The molecule has 2 nitrogen and oxygen atoms in total. The largest absolute Gasteiger partial charge is 0.490 e. The normalized spacial score (nSPS) is 20.8. The summed E-state index contributed by atoms with van der Waals surface area (Å²) in [5.41, 5.74) is 3.03. The molecule has 86 valence electrons. The topological polar surface area (TPSA) is 21.3 Å². The second-order valence-electron chi connectivity index (χ2n) is 4.85. The molecule has 0 aromatic heterocycles. The first kappa shape index (κ1) is 10.2. The van der Waals surface area contributed by atoms with E-state index in [1.165, 1.54) is 30.4 Å².